The van der Waals surface area contributed by atoms with Crippen molar-refractivity contribution in [2.75, 3.05) is 0 Å². The number of hydrogen-bond acceptors (Lipinski definition) is 2. The summed E-state index contributed by atoms with van der Waals surface area (Å²) in [5.74, 6) is 0.770. The standard InChI is InChI=1S/C14H23IO2/c1-5-8-10(6-2)12-11(7-3)13(9(4)15)17-14(12)16/h5,8-13H,6-7H2,1-4H3/b8-5+/t9-,10-,11-,12-,13-/m0/s1. The van der Waals surface area contributed by atoms with Gasteiger partial charge < -0.3 is 4.74 Å². The summed E-state index contributed by atoms with van der Waals surface area (Å²) < 4.78 is 5.97. The molecule has 1 aliphatic rings. The van der Waals surface area contributed by atoms with E-state index >= 15 is 0 Å². The highest BCUT2D eigenvalue weighted by molar-refractivity contribution is 14.1. The molecule has 3 heteroatoms. The molecule has 0 N–H and O–H groups in total. The van der Waals surface area contributed by atoms with Crippen LogP contribution >= 0.6 is 22.6 Å². The smallest absolute Gasteiger partial charge is 0.310 e. The molecule has 0 bridgehead atoms. The average Bonchev–Trinajstić information content (AvgIpc) is 2.63. The van der Waals surface area contributed by atoms with Gasteiger partial charge in [-0.3, -0.25) is 4.79 Å². The van der Waals surface area contributed by atoms with Crippen LogP contribution in [-0.2, 0) is 9.53 Å². The lowest BCUT2D eigenvalue weighted by Gasteiger charge is -2.24. The second-order valence-corrected chi connectivity index (χ2v) is 6.74. The maximum Gasteiger partial charge on any atom is 0.310 e. The number of carbonyl (C=O) groups excluding carboxylic acids is 1. The number of rotatable bonds is 5. The van der Waals surface area contributed by atoms with Gasteiger partial charge in [-0.2, -0.15) is 0 Å². The molecule has 1 heterocycles. The minimum absolute atomic E-state index is 0.00955. The largest absolute Gasteiger partial charge is 0.461 e. The molecule has 0 unspecified atom stereocenters. The van der Waals surface area contributed by atoms with Crippen molar-refractivity contribution in [3.63, 3.8) is 0 Å². The Labute approximate surface area is 118 Å². The summed E-state index contributed by atoms with van der Waals surface area (Å²) in [6.07, 6.45) is 6.33. The van der Waals surface area contributed by atoms with Crippen molar-refractivity contribution < 1.29 is 9.53 Å². The number of cyclic esters (lactones) is 1. The maximum absolute atomic E-state index is 12.1. The Morgan fingerprint density at radius 2 is 2.12 bits per heavy atom. The van der Waals surface area contributed by atoms with Crippen molar-refractivity contribution in [1.82, 2.24) is 0 Å². The first kappa shape index (κ1) is 15.0. The van der Waals surface area contributed by atoms with Crippen molar-refractivity contribution in [3.05, 3.63) is 12.2 Å². The molecule has 0 saturated carbocycles. The molecule has 1 rings (SSSR count). The lowest BCUT2D eigenvalue weighted by molar-refractivity contribution is -0.144. The Balaban J connectivity index is 2.93. The zero-order valence-electron chi connectivity index (χ0n) is 11.2. The number of ether oxygens (including phenoxy) is 1. The van der Waals surface area contributed by atoms with Gasteiger partial charge in [-0.05, 0) is 32.6 Å². The van der Waals surface area contributed by atoms with Crippen LogP contribution in [0.4, 0.5) is 0 Å². The molecule has 98 valence electrons. The highest BCUT2D eigenvalue weighted by atomic mass is 127. The molecule has 0 radical (unpaired) electrons. The average molecular weight is 350 g/mol. The van der Waals surface area contributed by atoms with E-state index in [1.54, 1.807) is 0 Å². The van der Waals surface area contributed by atoms with Crippen LogP contribution in [0.5, 0.6) is 0 Å². The van der Waals surface area contributed by atoms with E-state index in [0.29, 0.717) is 15.8 Å². The fourth-order valence-corrected chi connectivity index (χ4v) is 3.53. The topological polar surface area (TPSA) is 26.3 Å². The number of carbonyl (C=O) groups is 1. The van der Waals surface area contributed by atoms with E-state index in [4.69, 9.17) is 4.74 Å². The van der Waals surface area contributed by atoms with Crippen molar-refractivity contribution in [3.8, 4) is 0 Å². The van der Waals surface area contributed by atoms with Crippen LogP contribution in [0.2, 0.25) is 0 Å². The van der Waals surface area contributed by atoms with Crippen LogP contribution in [-0.4, -0.2) is 16.0 Å². The third kappa shape index (κ3) is 3.24. The van der Waals surface area contributed by atoms with Gasteiger partial charge in [-0.15, -0.1) is 0 Å². The third-order valence-corrected chi connectivity index (χ3v) is 4.41. The van der Waals surface area contributed by atoms with Gasteiger partial charge in [0.05, 0.1) is 5.92 Å². The normalized spacial score (nSPS) is 32.8. The molecule has 1 fully saturated rings. The van der Waals surface area contributed by atoms with Gasteiger partial charge in [0, 0.05) is 9.84 Å². The van der Waals surface area contributed by atoms with Gasteiger partial charge in [0.25, 0.3) is 0 Å². The quantitative estimate of drug-likeness (QED) is 0.325. The second-order valence-electron chi connectivity index (χ2n) is 4.77. The molecule has 2 nitrogen and oxygen atoms in total. The van der Waals surface area contributed by atoms with Crippen LogP contribution in [0.3, 0.4) is 0 Å². The maximum atomic E-state index is 12.1. The third-order valence-electron chi connectivity index (χ3n) is 3.70. The van der Waals surface area contributed by atoms with Crippen LogP contribution < -0.4 is 0 Å². The minimum Gasteiger partial charge on any atom is -0.461 e. The van der Waals surface area contributed by atoms with Crippen LogP contribution in [0.25, 0.3) is 0 Å². The van der Waals surface area contributed by atoms with Gasteiger partial charge in [0.15, 0.2) is 0 Å². The number of esters is 1. The predicted molar refractivity (Wildman–Crippen MR) is 79.2 cm³/mol. The Hall–Kier alpha value is -0.0600. The van der Waals surface area contributed by atoms with E-state index in [2.05, 4.69) is 55.5 Å². The number of hydrogen-bond donors (Lipinski definition) is 0. The van der Waals surface area contributed by atoms with Gasteiger partial charge >= 0.3 is 5.97 Å². The molecule has 5 atom stereocenters. The molecule has 0 aromatic rings. The zero-order chi connectivity index (χ0) is 13.0. The molecule has 0 aromatic carbocycles. The summed E-state index contributed by atoms with van der Waals surface area (Å²) in [6, 6.07) is 0. The molecule has 17 heavy (non-hydrogen) atoms. The fourth-order valence-electron chi connectivity index (χ4n) is 2.85. The number of alkyl halides is 1. The fraction of sp³-hybridized carbons (Fsp3) is 0.786. The van der Waals surface area contributed by atoms with E-state index in [0.717, 1.165) is 12.8 Å². The predicted octanol–water partition coefficient (Wildman–Crippen LogP) is 3.98. The summed E-state index contributed by atoms with van der Waals surface area (Å²) in [4.78, 5) is 12.1. The summed E-state index contributed by atoms with van der Waals surface area (Å²) in [6.45, 7) is 8.45. The molecule has 0 spiro atoms. The first-order valence-corrected chi connectivity index (χ1v) is 7.78. The van der Waals surface area contributed by atoms with E-state index in [9.17, 15) is 4.79 Å². The molecular weight excluding hydrogens is 327 g/mol. The van der Waals surface area contributed by atoms with Crippen LogP contribution in [0.1, 0.15) is 40.5 Å². The number of halogens is 1. The van der Waals surface area contributed by atoms with Crippen molar-refractivity contribution in [1.29, 1.82) is 0 Å². The van der Waals surface area contributed by atoms with Gasteiger partial charge in [0.2, 0.25) is 0 Å². The second kappa shape index (κ2) is 6.76. The minimum atomic E-state index is 0.00955. The highest BCUT2D eigenvalue weighted by Gasteiger charge is 2.47. The van der Waals surface area contributed by atoms with Crippen LogP contribution in [0, 0.1) is 17.8 Å². The summed E-state index contributed by atoms with van der Waals surface area (Å²) in [5.41, 5.74) is 0. The van der Waals surface area contributed by atoms with Crippen molar-refractivity contribution >= 4 is 28.6 Å². The molecular formula is C14H23IO2. The monoisotopic (exact) mass is 350 g/mol. The number of allylic oxidation sites excluding steroid dienone is 2. The van der Waals surface area contributed by atoms with E-state index in [-0.39, 0.29) is 18.0 Å². The first-order valence-electron chi connectivity index (χ1n) is 6.54. The van der Waals surface area contributed by atoms with E-state index < -0.39 is 0 Å². The van der Waals surface area contributed by atoms with Gasteiger partial charge in [-0.1, -0.05) is 48.6 Å². The van der Waals surface area contributed by atoms with Gasteiger partial charge in [0.1, 0.15) is 6.10 Å². The van der Waals surface area contributed by atoms with E-state index in [1.165, 1.54) is 0 Å². The lowest BCUT2D eigenvalue weighted by Crippen LogP contribution is -2.29. The zero-order valence-corrected chi connectivity index (χ0v) is 13.3. The summed E-state index contributed by atoms with van der Waals surface area (Å²) in [7, 11) is 0. The Kier molecular flexibility index (Phi) is 5.97. The molecule has 0 aromatic heterocycles. The summed E-state index contributed by atoms with van der Waals surface area (Å²) >= 11 is 2.36. The van der Waals surface area contributed by atoms with Gasteiger partial charge in [-0.25, -0.2) is 0 Å². The Morgan fingerprint density at radius 1 is 1.47 bits per heavy atom. The van der Waals surface area contributed by atoms with Crippen LogP contribution in [0.15, 0.2) is 12.2 Å². The Morgan fingerprint density at radius 3 is 2.53 bits per heavy atom. The first-order chi connectivity index (χ1) is 8.06. The highest BCUT2D eigenvalue weighted by Crippen LogP contribution is 2.40. The van der Waals surface area contributed by atoms with E-state index in [1.807, 2.05) is 6.92 Å². The molecule has 1 aliphatic heterocycles. The SMILES string of the molecule is C/C=C/[C@H](CC)[C@@H]1C(=O)O[C@@H]([C@H](C)I)[C@H]1CC. The Bertz CT molecular complexity index is 286. The van der Waals surface area contributed by atoms with Crippen molar-refractivity contribution in [2.24, 2.45) is 17.8 Å². The molecule has 0 amide bonds. The molecule has 0 aliphatic carbocycles. The van der Waals surface area contributed by atoms with Crippen molar-refractivity contribution in [2.45, 2.75) is 50.6 Å². The lowest BCUT2D eigenvalue weighted by atomic mass is 9.77. The molecule has 1 saturated heterocycles. The summed E-state index contributed by atoms with van der Waals surface area (Å²) in [5, 5.41) is 0.